The van der Waals surface area contributed by atoms with E-state index in [0.29, 0.717) is 10.2 Å². The van der Waals surface area contributed by atoms with Crippen molar-refractivity contribution in [2.75, 3.05) is 6.67 Å². The molecule has 1 aromatic heterocycles. The van der Waals surface area contributed by atoms with E-state index < -0.39 is 12.8 Å². The lowest BCUT2D eigenvalue weighted by Gasteiger charge is -2.05. The molecule has 0 radical (unpaired) electrons. The van der Waals surface area contributed by atoms with Crippen molar-refractivity contribution in [1.82, 2.24) is 4.98 Å². The molecule has 1 atom stereocenters. The maximum Gasteiger partial charge on any atom is 0.125 e. The minimum atomic E-state index is -1.12. The van der Waals surface area contributed by atoms with Crippen molar-refractivity contribution >= 4 is 15.9 Å². The summed E-state index contributed by atoms with van der Waals surface area (Å²) in [4.78, 5) is 3.81. The van der Waals surface area contributed by atoms with Crippen LogP contribution in [0, 0.1) is 0 Å². The molecule has 0 saturated heterocycles. The Morgan fingerprint density at radius 3 is 3.00 bits per heavy atom. The Kier molecular flexibility index (Phi) is 2.96. The number of pyridine rings is 1. The highest BCUT2D eigenvalue weighted by molar-refractivity contribution is 9.10. The summed E-state index contributed by atoms with van der Waals surface area (Å²) in [6.07, 6.45) is 0.393. The smallest absolute Gasteiger partial charge is 0.125 e. The molecular formula is C7H7BrFNO. The molecule has 0 aliphatic heterocycles. The number of nitrogens with zero attached hydrogens (tertiary/aromatic N) is 1. The van der Waals surface area contributed by atoms with Gasteiger partial charge in [0.15, 0.2) is 0 Å². The van der Waals surface area contributed by atoms with Crippen LogP contribution in [0.5, 0.6) is 0 Å². The molecule has 1 N–H and O–H groups in total. The summed E-state index contributed by atoms with van der Waals surface area (Å²) in [7, 11) is 0. The molecule has 60 valence electrons. The van der Waals surface area contributed by atoms with Gasteiger partial charge >= 0.3 is 0 Å². The van der Waals surface area contributed by atoms with Crippen LogP contribution >= 0.6 is 15.9 Å². The topological polar surface area (TPSA) is 33.1 Å². The summed E-state index contributed by atoms with van der Waals surface area (Å²) < 4.78 is 12.6. The van der Waals surface area contributed by atoms with Gasteiger partial charge < -0.3 is 5.11 Å². The fourth-order valence-corrected chi connectivity index (χ4v) is 1.24. The first-order valence-corrected chi connectivity index (χ1v) is 3.89. The fourth-order valence-electron chi connectivity index (χ4n) is 0.716. The molecule has 4 heteroatoms. The minimum Gasteiger partial charge on any atom is -0.384 e. The summed E-state index contributed by atoms with van der Waals surface area (Å²) in [5, 5.41) is 9.04. The van der Waals surface area contributed by atoms with Crippen molar-refractivity contribution < 1.29 is 9.50 Å². The van der Waals surface area contributed by atoms with Crippen LogP contribution in [0.25, 0.3) is 0 Å². The number of aromatic nitrogens is 1. The van der Waals surface area contributed by atoms with E-state index in [1.165, 1.54) is 6.20 Å². The van der Waals surface area contributed by atoms with E-state index in [2.05, 4.69) is 20.9 Å². The van der Waals surface area contributed by atoms with Gasteiger partial charge in [0, 0.05) is 10.7 Å². The van der Waals surface area contributed by atoms with Gasteiger partial charge in [-0.2, -0.15) is 0 Å². The molecule has 0 aliphatic carbocycles. The summed E-state index contributed by atoms with van der Waals surface area (Å²) in [6, 6.07) is 3.42. The highest BCUT2D eigenvalue weighted by Gasteiger charge is 2.10. The second-order valence-electron chi connectivity index (χ2n) is 2.04. The normalized spacial score (nSPS) is 13.0. The second-order valence-corrected chi connectivity index (χ2v) is 2.89. The van der Waals surface area contributed by atoms with Crippen LogP contribution in [0.2, 0.25) is 0 Å². The number of aliphatic hydroxyl groups excluding tert-OH is 1. The van der Waals surface area contributed by atoms with Crippen LogP contribution in [-0.2, 0) is 0 Å². The van der Waals surface area contributed by atoms with Gasteiger partial charge in [-0.25, -0.2) is 4.39 Å². The third-order valence-electron chi connectivity index (χ3n) is 1.25. The summed E-state index contributed by atoms with van der Waals surface area (Å²) in [6.45, 7) is -0.810. The van der Waals surface area contributed by atoms with Gasteiger partial charge in [-0.1, -0.05) is 0 Å². The third kappa shape index (κ3) is 1.97. The zero-order valence-corrected chi connectivity index (χ0v) is 7.25. The molecule has 1 heterocycles. The first-order valence-electron chi connectivity index (χ1n) is 3.10. The van der Waals surface area contributed by atoms with Crippen LogP contribution < -0.4 is 0 Å². The van der Waals surface area contributed by atoms with Crippen molar-refractivity contribution in [1.29, 1.82) is 0 Å². The van der Waals surface area contributed by atoms with Crippen molar-refractivity contribution in [2.45, 2.75) is 6.10 Å². The number of halogens is 2. The van der Waals surface area contributed by atoms with E-state index in [4.69, 9.17) is 5.11 Å². The average molecular weight is 220 g/mol. The van der Waals surface area contributed by atoms with Crippen LogP contribution in [-0.4, -0.2) is 16.8 Å². The highest BCUT2D eigenvalue weighted by atomic mass is 79.9. The number of hydrogen-bond donors (Lipinski definition) is 1. The molecule has 0 fully saturated rings. The first kappa shape index (κ1) is 8.62. The number of hydrogen-bond acceptors (Lipinski definition) is 2. The predicted molar refractivity (Wildman–Crippen MR) is 42.9 cm³/mol. The van der Waals surface area contributed by atoms with E-state index in [-0.39, 0.29) is 0 Å². The lowest BCUT2D eigenvalue weighted by Crippen LogP contribution is -2.02. The molecule has 0 bridgehead atoms. The Morgan fingerprint density at radius 1 is 1.73 bits per heavy atom. The van der Waals surface area contributed by atoms with Gasteiger partial charge in [-0.3, -0.25) is 4.98 Å². The fraction of sp³-hybridized carbons (Fsp3) is 0.286. The van der Waals surface area contributed by atoms with Gasteiger partial charge in [0.1, 0.15) is 12.8 Å². The van der Waals surface area contributed by atoms with Crippen LogP contribution in [0.4, 0.5) is 4.39 Å². The van der Waals surface area contributed by atoms with E-state index in [1.54, 1.807) is 12.1 Å². The van der Waals surface area contributed by atoms with Crippen LogP contribution in [0.3, 0.4) is 0 Å². The van der Waals surface area contributed by atoms with Crippen LogP contribution in [0.15, 0.2) is 22.8 Å². The quantitative estimate of drug-likeness (QED) is 0.824. The second kappa shape index (κ2) is 3.78. The monoisotopic (exact) mass is 219 g/mol. The predicted octanol–water partition coefficient (Wildman–Crippen LogP) is 1.85. The largest absolute Gasteiger partial charge is 0.384 e. The van der Waals surface area contributed by atoms with E-state index in [9.17, 15) is 4.39 Å². The number of aliphatic hydroxyl groups is 1. The lowest BCUT2D eigenvalue weighted by atomic mass is 10.2. The lowest BCUT2D eigenvalue weighted by molar-refractivity contribution is 0.137. The Bertz CT molecular complexity index is 244. The Morgan fingerprint density at radius 2 is 2.45 bits per heavy atom. The van der Waals surface area contributed by atoms with Gasteiger partial charge in [-0.15, -0.1) is 0 Å². The zero-order chi connectivity index (χ0) is 8.27. The molecule has 0 spiro atoms. The van der Waals surface area contributed by atoms with E-state index in [1.807, 2.05) is 0 Å². The first-order chi connectivity index (χ1) is 5.25. The summed E-state index contributed by atoms with van der Waals surface area (Å²) >= 11 is 3.15. The maximum atomic E-state index is 11.9. The molecule has 2 nitrogen and oxygen atoms in total. The standard InChI is InChI=1S/C7H7BrFNO/c8-5-2-1-3-10-7(5)6(11)4-9/h1-3,6,11H,4H2. The van der Waals surface area contributed by atoms with Gasteiger partial charge in [-0.05, 0) is 28.1 Å². The molecule has 0 aliphatic rings. The maximum absolute atomic E-state index is 11.9. The Hall–Kier alpha value is -0.480. The van der Waals surface area contributed by atoms with Gasteiger partial charge in [0.2, 0.25) is 0 Å². The Labute approximate surface area is 72.2 Å². The third-order valence-corrected chi connectivity index (χ3v) is 1.92. The van der Waals surface area contributed by atoms with E-state index in [0.717, 1.165) is 0 Å². The Balaban J connectivity index is 2.93. The van der Waals surface area contributed by atoms with Gasteiger partial charge in [0.05, 0.1) is 5.69 Å². The molecule has 1 aromatic rings. The number of alkyl halides is 1. The zero-order valence-electron chi connectivity index (χ0n) is 5.67. The molecule has 0 amide bonds. The van der Waals surface area contributed by atoms with Crippen molar-refractivity contribution in [3.05, 3.63) is 28.5 Å². The van der Waals surface area contributed by atoms with Gasteiger partial charge in [0.25, 0.3) is 0 Å². The molecule has 1 rings (SSSR count). The van der Waals surface area contributed by atoms with Crippen LogP contribution in [0.1, 0.15) is 11.8 Å². The van der Waals surface area contributed by atoms with E-state index >= 15 is 0 Å². The van der Waals surface area contributed by atoms with Crippen molar-refractivity contribution in [3.8, 4) is 0 Å². The highest BCUT2D eigenvalue weighted by Crippen LogP contribution is 2.20. The summed E-state index contributed by atoms with van der Waals surface area (Å²) in [5.41, 5.74) is 0.343. The number of rotatable bonds is 2. The SMILES string of the molecule is OC(CF)c1ncccc1Br. The van der Waals surface area contributed by atoms with Crippen molar-refractivity contribution in [3.63, 3.8) is 0 Å². The molecule has 11 heavy (non-hydrogen) atoms. The molecule has 0 saturated carbocycles. The molecule has 0 aromatic carbocycles. The average Bonchev–Trinajstić information content (AvgIpc) is 2.04. The molecule has 1 unspecified atom stereocenters. The molecular weight excluding hydrogens is 213 g/mol. The minimum absolute atomic E-state index is 0.343. The van der Waals surface area contributed by atoms with Crippen molar-refractivity contribution in [2.24, 2.45) is 0 Å². The summed E-state index contributed by atoms with van der Waals surface area (Å²) in [5.74, 6) is 0.